The molecule has 34 heavy (non-hydrogen) atoms. The van der Waals surface area contributed by atoms with Crippen molar-refractivity contribution in [3.63, 3.8) is 0 Å². The maximum Gasteiger partial charge on any atom is 0.422 e. The van der Waals surface area contributed by atoms with E-state index in [2.05, 4.69) is 25.6 Å². The molecule has 184 valence electrons. The first-order valence-corrected chi connectivity index (χ1v) is 10.9. The lowest BCUT2D eigenvalue weighted by Gasteiger charge is -2.31. The van der Waals surface area contributed by atoms with Crippen LogP contribution in [0.15, 0.2) is 24.4 Å². The van der Waals surface area contributed by atoms with Gasteiger partial charge in [0.25, 0.3) is 11.8 Å². The monoisotopic (exact) mass is 501 g/mol. The number of halogens is 4. The second-order valence-electron chi connectivity index (χ2n) is 7.64. The quantitative estimate of drug-likeness (QED) is 0.557. The SMILES string of the molecule is CCc1cccc(Cl)c1C(=O)Nc1cn[nH]c1C(=O)NC1CCN(C(=O)OCC(F)(F)F)CC1. The molecule has 3 amide bonds. The first-order chi connectivity index (χ1) is 16.1. The van der Waals surface area contributed by atoms with Crippen molar-refractivity contribution in [1.29, 1.82) is 0 Å². The molecule has 1 aliphatic heterocycles. The summed E-state index contributed by atoms with van der Waals surface area (Å²) in [4.78, 5) is 38.5. The first-order valence-electron chi connectivity index (χ1n) is 10.5. The molecule has 2 heterocycles. The number of aromatic nitrogens is 2. The molecular formula is C21H23ClF3N5O4. The molecule has 0 atom stereocenters. The maximum atomic E-state index is 12.8. The molecule has 2 aromatic rings. The zero-order valence-electron chi connectivity index (χ0n) is 18.2. The number of alkyl halides is 3. The maximum absolute atomic E-state index is 12.8. The smallest absolute Gasteiger partial charge is 0.422 e. The average Bonchev–Trinajstić information content (AvgIpc) is 3.25. The molecule has 0 saturated carbocycles. The van der Waals surface area contributed by atoms with Gasteiger partial charge in [-0.3, -0.25) is 14.7 Å². The van der Waals surface area contributed by atoms with Crippen molar-refractivity contribution in [2.75, 3.05) is 25.0 Å². The van der Waals surface area contributed by atoms with Gasteiger partial charge < -0.3 is 20.3 Å². The highest BCUT2D eigenvalue weighted by Gasteiger charge is 2.32. The van der Waals surface area contributed by atoms with Gasteiger partial charge in [-0.25, -0.2) is 4.79 Å². The number of aryl methyl sites for hydroxylation is 1. The minimum Gasteiger partial charge on any atom is -0.440 e. The van der Waals surface area contributed by atoms with Crippen LogP contribution in [-0.4, -0.2) is 64.9 Å². The van der Waals surface area contributed by atoms with E-state index in [9.17, 15) is 27.6 Å². The van der Waals surface area contributed by atoms with Crippen molar-refractivity contribution in [2.45, 2.75) is 38.4 Å². The van der Waals surface area contributed by atoms with Gasteiger partial charge >= 0.3 is 12.3 Å². The lowest BCUT2D eigenvalue weighted by Crippen LogP contribution is -2.47. The van der Waals surface area contributed by atoms with E-state index in [0.29, 0.717) is 24.8 Å². The molecule has 9 nitrogen and oxygen atoms in total. The molecule has 1 saturated heterocycles. The van der Waals surface area contributed by atoms with Crippen molar-refractivity contribution in [3.8, 4) is 0 Å². The van der Waals surface area contributed by atoms with Gasteiger partial charge in [-0.15, -0.1) is 0 Å². The number of rotatable bonds is 6. The van der Waals surface area contributed by atoms with E-state index >= 15 is 0 Å². The molecule has 1 aliphatic rings. The zero-order chi connectivity index (χ0) is 24.9. The summed E-state index contributed by atoms with van der Waals surface area (Å²) in [5.74, 6) is -1.01. The summed E-state index contributed by atoms with van der Waals surface area (Å²) in [5.41, 5.74) is 1.26. The van der Waals surface area contributed by atoms with Crippen LogP contribution in [0.1, 0.15) is 46.2 Å². The number of hydrogen-bond donors (Lipinski definition) is 3. The Morgan fingerprint density at radius 1 is 1.24 bits per heavy atom. The summed E-state index contributed by atoms with van der Waals surface area (Å²) < 4.78 is 40.9. The second kappa shape index (κ2) is 10.8. The second-order valence-corrected chi connectivity index (χ2v) is 8.05. The summed E-state index contributed by atoms with van der Waals surface area (Å²) in [6, 6.07) is 4.80. The van der Waals surface area contributed by atoms with Crippen LogP contribution >= 0.6 is 11.6 Å². The Kier molecular flexibility index (Phi) is 8.02. The number of anilines is 1. The molecule has 13 heteroatoms. The molecular weight excluding hydrogens is 479 g/mol. The van der Waals surface area contributed by atoms with E-state index < -0.39 is 30.7 Å². The largest absolute Gasteiger partial charge is 0.440 e. The molecule has 0 unspecified atom stereocenters. The Balaban J connectivity index is 1.57. The van der Waals surface area contributed by atoms with Crippen LogP contribution in [0, 0.1) is 0 Å². The Morgan fingerprint density at radius 3 is 2.59 bits per heavy atom. The van der Waals surface area contributed by atoms with Gasteiger partial charge in [-0.1, -0.05) is 30.7 Å². The predicted octanol–water partition coefficient (Wildman–Crippen LogP) is 3.77. The van der Waals surface area contributed by atoms with Crippen molar-refractivity contribution in [2.24, 2.45) is 0 Å². The number of ether oxygens (including phenoxy) is 1. The van der Waals surface area contributed by atoms with Gasteiger partial charge in [0.05, 0.1) is 22.5 Å². The Labute approximate surface area is 198 Å². The van der Waals surface area contributed by atoms with Gasteiger partial charge in [-0.2, -0.15) is 18.3 Å². The normalized spacial score (nSPS) is 14.6. The molecule has 1 aromatic heterocycles. The van der Waals surface area contributed by atoms with Crippen LogP contribution in [-0.2, 0) is 11.2 Å². The Morgan fingerprint density at radius 2 is 1.94 bits per heavy atom. The van der Waals surface area contributed by atoms with Gasteiger partial charge in [-0.05, 0) is 30.9 Å². The highest BCUT2D eigenvalue weighted by Crippen LogP contribution is 2.23. The minimum atomic E-state index is -4.59. The van der Waals surface area contributed by atoms with Crippen molar-refractivity contribution in [3.05, 3.63) is 46.2 Å². The van der Waals surface area contributed by atoms with Gasteiger partial charge in [0.1, 0.15) is 5.69 Å². The summed E-state index contributed by atoms with van der Waals surface area (Å²) in [5, 5.41) is 12.1. The van der Waals surface area contributed by atoms with Crippen molar-refractivity contribution >= 4 is 35.2 Å². The number of benzene rings is 1. The average molecular weight is 502 g/mol. The predicted molar refractivity (Wildman–Crippen MR) is 117 cm³/mol. The first kappa shape index (κ1) is 25.3. The van der Waals surface area contributed by atoms with E-state index in [4.69, 9.17) is 11.6 Å². The number of H-pyrrole nitrogens is 1. The standard InChI is InChI=1S/C21H23ClF3N5O4/c1-2-12-4-3-5-14(22)16(12)18(31)28-15-10-26-29-17(15)19(32)27-13-6-8-30(9-7-13)20(33)34-11-21(23,24)25/h3-5,10,13H,2,6-9,11H2,1H3,(H,26,29)(H,27,32)(H,28,31). The highest BCUT2D eigenvalue weighted by atomic mass is 35.5. The van der Waals surface area contributed by atoms with E-state index in [1.807, 2.05) is 6.92 Å². The minimum absolute atomic E-state index is 0.0328. The summed E-state index contributed by atoms with van der Waals surface area (Å²) in [7, 11) is 0. The van der Waals surface area contributed by atoms with E-state index in [0.717, 1.165) is 10.5 Å². The fourth-order valence-corrected chi connectivity index (χ4v) is 3.84. The highest BCUT2D eigenvalue weighted by molar-refractivity contribution is 6.34. The van der Waals surface area contributed by atoms with Crippen LogP contribution in [0.25, 0.3) is 0 Å². The fourth-order valence-electron chi connectivity index (χ4n) is 3.56. The van der Waals surface area contributed by atoms with Gasteiger partial charge in [0.2, 0.25) is 0 Å². The van der Waals surface area contributed by atoms with Crippen LogP contribution < -0.4 is 10.6 Å². The molecule has 1 fully saturated rings. The zero-order valence-corrected chi connectivity index (χ0v) is 18.9. The number of nitrogens with one attached hydrogen (secondary N) is 3. The van der Waals surface area contributed by atoms with E-state index in [1.165, 1.54) is 6.20 Å². The molecule has 0 radical (unpaired) electrons. The third-order valence-corrected chi connectivity index (χ3v) is 5.59. The fraction of sp³-hybridized carbons (Fsp3) is 0.429. The number of hydrogen-bond acceptors (Lipinski definition) is 5. The number of carbonyl (C=O) groups excluding carboxylic acids is 3. The van der Waals surface area contributed by atoms with Crippen molar-refractivity contribution < 1.29 is 32.3 Å². The van der Waals surface area contributed by atoms with Crippen LogP contribution in [0.4, 0.5) is 23.7 Å². The summed E-state index contributed by atoms with van der Waals surface area (Å²) in [6.45, 7) is 0.492. The van der Waals surface area contributed by atoms with Crippen LogP contribution in [0.5, 0.6) is 0 Å². The van der Waals surface area contributed by atoms with E-state index in [-0.39, 0.29) is 35.5 Å². The molecule has 3 N–H and O–H groups in total. The number of piperidine rings is 1. The number of aromatic amines is 1. The van der Waals surface area contributed by atoms with Gasteiger partial charge in [0.15, 0.2) is 6.61 Å². The molecule has 3 rings (SSSR count). The Hall–Kier alpha value is -3.28. The molecule has 1 aromatic carbocycles. The number of likely N-dealkylation sites (tertiary alicyclic amines) is 1. The lowest BCUT2D eigenvalue weighted by molar-refractivity contribution is -0.162. The van der Waals surface area contributed by atoms with Gasteiger partial charge in [0, 0.05) is 19.1 Å². The Bertz CT molecular complexity index is 1050. The summed E-state index contributed by atoms with van der Waals surface area (Å²) >= 11 is 6.19. The summed E-state index contributed by atoms with van der Waals surface area (Å²) in [6.07, 6.45) is -3.11. The molecule has 0 bridgehead atoms. The number of carbonyl (C=O) groups is 3. The van der Waals surface area contributed by atoms with Crippen LogP contribution in [0.3, 0.4) is 0 Å². The van der Waals surface area contributed by atoms with Crippen LogP contribution in [0.2, 0.25) is 5.02 Å². The third kappa shape index (κ3) is 6.40. The lowest BCUT2D eigenvalue weighted by atomic mass is 10.0. The van der Waals surface area contributed by atoms with Crippen molar-refractivity contribution in [1.82, 2.24) is 20.4 Å². The molecule has 0 aliphatic carbocycles. The topological polar surface area (TPSA) is 116 Å². The third-order valence-electron chi connectivity index (χ3n) is 5.27. The van der Waals surface area contributed by atoms with E-state index in [1.54, 1.807) is 18.2 Å². The number of amides is 3. The number of nitrogens with zero attached hydrogens (tertiary/aromatic N) is 2. The molecule has 0 spiro atoms.